The third-order valence-corrected chi connectivity index (χ3v) is 3.06. The Morgan fingerprint density at radius 2 is 1.95 bits per heavy atom. The zero-order valence-electron chi connectivity index (χ0n) is 11.2. The van der Waals surface area contributed by atoms with E-state index in [4.69, 9.17) is 5.84 Å². The van der Waals surface area contributed by atoms with E-state index in [1.165, 1.54) is 18.5 Å². The number of aryl methyl sites for hydroxylation is 1. The molecule has 0 aliphatic rings. The summed E-state index contributed by atoms with van der Waals surface area (Å²) >= 11 is 0. The summed E-state index contributed by atoms with van der Waals surface area (Å²) in [5.41, 5.74) is 3.20. The number of nitrogens with zero attached hydrogens (tertiary/aromatic N) is 3. The van der Waals surface area contributed by atoms with E-state index < -0.39 is 11.6 Å². The third-order valence-electron chi connectivity index (χ3n) is 3.06. The van der Waals surface area contributed by atoms with E-state index in [1.54, 1.807) is 4.68 Å². The summed E-state index contributed by atoms with van der Waals surface area (Å²) < 4.78 is 28.1. The number of benzene rings is 1. The van der Waals surface area contributed by atoms with Crippen LogP contribution in [0.25, 0.3) is 0 Å². The Morgan fingerprint density at radius 1 is 1.25 bits per heavy atom. The zero-order chi connectivity index (χ0) is 14.5. The van der Waals surface area contributed by atoms with Crippen LogP contribution in [-0.4, -0.2) is 20.8 Å². The standard InChI is InChI=1S/C13H17F2N5/c1-2-20-13(17-8-18-20)7-12(19-16)5-9-3-10(14)6-11(15)4-9/h3-4,6,8,12,19H,2,5,7,16H2,1H3. The van der Waals surface area contributed by atoms with Crippen molar-refractivity contribution in [3.63, 3.8) is 0 Å². The van der Waals surface area contributed by atoms with Gasteiger partial charge in [-0.3, -0.25) is 16.0 Å². The van der Waals surface area contributed by atoms with Gasteiger partial charge in [-0.05, 0) is 31.0 Å². The quantitative estimate of drug-likeness (QED) is 0.616. The molecule has 108 valence electrons. The summed E-state index contributed by atoms with van der Waals surface area (Å²) in [4.78, 5) is 4.16. The van der Waals surface area contributed by atoms with Gasteiger partial charge >= 0.3 is 0 Å². The molecule has 0 aliphatic heterocycles. The second kappa shape index (κ2) is 6.53. The molecule has 1 unspecified atom stereocenters. The molecule has 3 N–H and O–H groups in total. The van der Waals surface area contributed by atoms with Crippen molar-refractivity contribution in [1.82, 2.24) is 20.2 Å². The highest BCUT2D eigenvalue weighted by Crippen LogP contribution is 2.12. The lowest BCUT2D eigenvalue weighted by atomic mass is 10.0. The van der Waals surface area contributed by atoms with Crippen molar-refractivity contribution in [3.8, 4) is 0 Å². The molecule has 2 rings (SSSR count). The molecule has 0 saturated carbocycles. The third kappa shape index (κ3) is 3.58. The minimum atomic E-state index is -0.590. The van der Waals surface area contributed by atoms with E-state index in [-0.39, 0.29) is 6.04 Å². The Bertz CT molecular complexity index is 549. The van der Waals surface area contributed by atoms with Gasteiger partial charge in [0.15, 0.2) is 0 Å². The first kappa shape index (κ1) is 14.5. The Balaban J connectivity index is 2.09. The van der Waals surface area contributed by atoms with Crippen LogP contribution in [0.15, 0.2) is 24.5 Å². The van der Waals surface area contributed by atoms with Gasteiger partial charge in [0, 0.05) is 25.1 Å². The Kier molecular flexibility index (Phi) is 4.75. The van der Waals surface area contributed by atoms with E-state index in [0.717, 1.165) is 11.9 Å². The number of nitrogens with one attached hydrogen (secondary N) is 1. The first-order valence-corrected chi connectivity index (χ1v) is 6.40. The fourth-order valence-electron chi connectivity index (χ4n) is 2.13. The van der Waals surface area contributed by atoms with Gasteiger partial charge in [0.05, 0.1) is 0 Å². The Labute approximate surface area is 115 Å². The lowest BCUT2D eigenvalue weighted by Crippen LogP contribution is -2.39. The van der Waals surface area contributed by atoms with Crippen molar-refractivity contribution in [1.29, 1.82) is 0 Å². The van der Waals surface area contributed by atoms with Gasteiger partial charge in [-0.15, -0.1) is 0 Å². The summed E-state index contributed by atoms with van der Waals surface area (Å²) in [6.07, 6.45) is 2.42. The van der Waals surface area contributed by atoms with Crippen LogP contribution in [0.4, 0.5) is 8.78 Å². The first-order valence-electron chi connectivity index (χ1n) is 6.40. The molecule has 2 aromatic rings. The number of halogens is 2. The first-order chi connectivity index (χ1) is 9.62. The van der Waals surface area contributed by atoms with Crippen LogP contribution >= 0.6 is 0 Å². The molecule has 0 radical (unpaired) electrons. The Hall–Kier alpha value is -1.86. The summed E-state index contributed by atoms with van der Waals surface area (Å²) in [6.45, 7) is 2.67. The SMILES string of the molecule is CCn1ncnc1CC(Cc1cc(F)cc(F)c1)NN. The molecule has 0 aliphatic carbocycles. The van der Waals surface area contributed by atoms with Crippen molar-refractivity contribution >= 4 is 0 Å². The van der Waals surface area contributed by atoms with Gasteiger partial charge in [-0.2, -0.15) is 5.10 Å². The summed E-state index contributed by atoms with van der Waals surface area (Å²) in [5, 5.41) is 4.07. The molecule has 0 amide bonds. The highest BCUT2D eigenvalue weighted by molar-refractivity contribution is 5.19. The van der Waals surface area contributed by atoms with E-state index in [0.29, 0.717) is 24.9 Å². The monoisotopic (exact) mass is 281 g/mol. The van der Waals surface area contributed by atoms with Crippen LogP contribution in [0.5, 0.6) is 0 Å². The molecule has 0 bridgehead atoms. The van der Waals surface area contributed by atoms with Crippen molar-refractivity contribution < 1.29 is 8.78 Å². The van der Waals surface area contributed by atoms with Gasteiger partial charge in [0.2, 0.25) is 0 Å². The molecule has 20 heavy (non-hydrogen) atoms. The van der Waals surface area contributed by atoms with Gasteiger partial charge in [0.1, 0.15) is 23.8 Å². The predicted octanol–water partition coefficient (Wildman–Crippen LogP) is 1.19. The number of nitrogens with two attached hydrogens (primary N) is 1. The lowest BCUT2D eigenvalue weighted by molar-refractivity contribution is 0.487. The molecule has 1 heterocycles. The van der Waals surface area contributed by atoms with Gasteiger partial charge in [-0.25, -0.2) is 13.8 Å². The molecule has 0 fully saturated rings. The highest BCUT2D eigenvalue weighted by Gasteiger charge is 2.14. The number of hydrogen-bond donors (Lipinski definition) is 2. The smallest absolute Gasteiger partial charge is 0.138 e. The van der Waals surface area contributed by atoms with E-state index >= 15 is 0 Å². The fraction of sp³-hybridized carbons (Fsp3) is 0.385. The van der Waals surface area contributed by atoms with Crippen molar-refractivity contribution in [2.75, 3.05) is 0 Å². The molecule has 5 nitrogen and oxygen atoms in total. The summed E-state index contributed by atoms with van der Waals surface area (Å²) in [7, 11) is 0. The number of hydrogen-bond acceptors (Lipinski definition) is 4. The van der Waals surface area contributed by atoms with Crippen LogP contribution in [0.2, 0.25) is 0 Å². The number of aromatic nitrogens is 3. The van der Waals surface area contributed by atoms with Crippen molar-refractivity contribution in [2.45, 2.75) is 32.4 Å². The summed E-state index contributed by atoms with van der Waals surface area (Å²) in [6, 6.07) is 3.28. The van der Waals surface area contributed by atoms with Crippen LogP contribution in [0, 0.1) is 11.6 Å². The van der Waals surface area contributed by atoms with E-state index in [1.807, 2.05) is 6.92 Å². The highest BCUT2D eigenvalue weighted by atomic mass is 19.1. The predicted molar refractivity (Wildman–Crippen MR) is 70.6 cm³/mol. The van der Waals surface area contributed by atoms with Gasteiger partial charge < -0.3 is 0 Å². The lowest BCUT2D eigenvalue weighted by Gasteiger charge is -2.16. The largest absolute Gasteiger partial charge is 0.271 e. The minimum absolute atomic E-state index is 0.175. The van der Waals surface area contributed by atoms with Gasteiger partial charge in [-0.1, -0.05) is 0 Å². The molecule has 1 atom stereocenters. The molecular weight excluding hydrogens is 264 g/mol. The summed E-state index contributed by atoms with van der Waals surface area (Å²) in [5.74, 6) is 5.11. The second-order valence-corrected chi connectivity index (χ2v) is 4.54. The van der Waals surface area contributed by atoms with Crippen LogP contribution in [-0.2, 0) is 19.4 Å². The molecular formula is C13H17F2N5. The normalized spacial score (nSPS) is 12.6. The molecule has 0 spiro atoms. The van der Waals surface area contributed by atoms with Gasteiger partial charge in [0.25, 0.3) is 0 Å². The van der Waals surface area contributed by atoms with E-state index in [2.05, 4.69) is 15.5 Å². The molecule has 0 saturated heterocycles. The Morgan fingerprint density at radius 3 is 2.55 bits per heavy atom. The molecule has 7 heteroatoms. The van der Waals surface area contributed by atoms with Crippen LogP contribution in [0.3, 0.4) is 0 Å². The number of rotatable bonds is 6. The van der Waals surface area contributed by atoms with Crippen LogP contribution in [0.1, 0.15) is 18.3 Å². The second-order valence-electron chi connectivity index (χ2n) is 4.54. The fourth-order valence-corrected chi connectivity index (χ4v) is 2.13. The zero-order valence-corrected chi connectivity index (χ0v) is 11.2. The molecule has 1 aromatic heterocycles. The maximum absolute atomic E-state index is 13.2. The van der Waals surface area contributed by atoms with Crippen LogP contribution < -0.4 is 11.3 Å². The molecule has 1 aromatic carbocycles. The van der Waals surface area contributed by atoms with Crippen molar-refractivity contribution in [3.05, 3.63) is 47.5 Å². The maximum atomic E-state index is 13.2. The minimum Gasteiger partial charge on any atom is -0.271 e. The van der Waals surface area contributed by atoms with E-state index in [9.17, 15) is 8.78 Å². The average molecular weight is 281 g/mol. The maximum Gasteiger partial charge on any atom is 0.138 e. The van der Waals surface area contributed by atoms with Crippen molar-refractivity contribution in [2.24, 2.45) is 5.84 Å². The topological polar surface area (TPSA) is 68.8 Å². The number of hydrazine groups is 1. The average Bonchev–Trinajstić information content (AvgIpc) is 2.84.